The van der Waals surface area contributed by atoms with E-state index < -0.39 is 5.41 Å². The van der Waals surface area contributed by atoms with E-state index in [4.69, 9.17) is 14.2 Å². The fourth-order valence-electron chi connectivity index (χ4n) is 6.56. The van der Waals surface area contributed by atoms with Gasteiger partial charge in [-0.1, -0.05) is 55.0 Å². The van der Waals surface area contributed by atoms with Crippen LogP contribution in [0.3, 0.4) is 0 Å². The fourth-order valence-corrected chi connectivity index (χ4v) is 6.56. The van der Waals surface area contributed by atoms with Crippen LogP contribution >= 0.6 is 0 Å². The van der Waals surface area contributed by atoms with Crippen molar-refractivity contribution in [2.24, 2.45) is 17.3 Å². The van der Waals surface area contributed by atoms with E-state index in [1.807, 2.05) is 39.0 Å². The molecule has 0 heterocycles. The quantitative estimate of drug-likeness (QED) is 0.208. The molecular weight excluding hydrogens is 500 g/mol. The minimum absolute atomic E-state index is 0.0111. The topological polar surface area (TPSA) is 61.8 Å². The van der Waals surface area contributed by atoms with Crippen LogP contribution in [-0.4, -0.2) is 37.5 Å². The first-order chi connectivity index (χ1) is 19.0. The zero-order chi connectivity index (χ0) is 29.4. The summed E-state index contributed by atoms with van der Waals surface area (Å²) >= 11 is 0. The second kappa shape index (κ2) is 14.4. The van der Waals surface area contributed by atoms with Gasteiger partial charge >= 0.3 is 0 Å². The van der Waals surface area contributed by atoms with Crippen molar-refractivity contribution < 1.29 is 23.8 Å². The van der Waals surface area contributed by atoms with Crippen LogP contribution in [0.4, 0.5) is 0 Å². The monoisotopic (exact) mass is 550 g/mol. The molecule has 0 spiro atoms. The van der Waals surface area contributed by atoms with E-state index in [9.17, 15) is 9.59 Å². The Morgan fingerprint density at radius 3 is 2.30 bits per heavy atom. The Morgan fingerprint density at radius 2 is 1.73 bits per heavy atom. The third-order valence-corrected chi connectivity index (χ3v) is 9.08. The van der Waals surface area contributed by atoms with Gasteiger partial charge in [0.15, 0.2) is 0 Å². The van der Waals surface area contributed by atoms with Crippen molar-refractivity contribution >= 4 is 11.6 Å². The molecule has 2 aliphatic carbocycles. The molecule has 5 heteroatoms. The van der Waals surface area contributed by atoms with E-state index in [1.54, 1.807) is 6.92 Å². The lowest BCUT2D eigenvalue weighted by Crippen LogP contribution is -2.49. The van der Waals surface area contributed by atoms with Crippen LogP contribution in [0.1, 0.15) is 98.7 Å². The number of hydrogen-bond acceptors (Lipinski definition) is 5. The van der Waals surface area contributed by atoms with Crippen LogP contribution in [0, 0.1) is 17.3 Å². The number of hydrogen-bond donors (Lipinski definition) is 0. The van der Waals surface area contributed by atoms with Gasteiger partial charge in [0.25, 0.3) is 0 Å². The highest BCUT2D eigenvalue weighted by molar-refractivity contribution is 5.91. The summed E-state index contributed by atoms with van der Waals surface area (Å²) in [4.78, 5) is 26.9. The number of ketones is 2. The summed E-state index contributed by atoms with van der Waals surface area (Å²) < 4.78 is 18.1. The van der Waals surface area contributed by atoms with E-state index in [0.717, 1.165) is 35.3 Å². The van der Waals surface area contributed by atoms with Crippen LogP contribution in [0.25, 0.3) is 0 Å². The summed E-state index contributed by atoms with van der Waals surface area (Å²) in [6, 6.07) is 10.2. The molecule has 0 bridgehead atoms. The molecule has 5 nitrogen and oxygen atoms in total. The molecule has 0 aliphatic heterocycles. The molecule has 1 fully saturated rings. The zero-order valence-corrected chi connectivity index (χ0v) is 25.8. The Labute approximate surface area is 242 Å². The fraction of sp³-hybridized carbons (Fsp3) is 0.600. The lowest BCUT2D eigenvalue weighted by Gasteiger charge is -2.46. The lowest BCUT2D eigenvalue weighted by atomic mass is 9.60. The molecule has 3 atom stereocenters. The van der Waals surface area contributed by atoms with E-state index in [2.05, 4.69) is 39.5 Å². The lowest BCUT2D eigenvalue weighted by molar-refractivity contribution is -0.151. The van der Waals surface area contributed by atoms with E-state index in [0.29, 0.717) is 39.1 Å². The van der Waals surface area contributed by atoms with Gasteiger partial charge in [0.2, 0.25) is 0 Å². The molecule has 0 amide bonds. The first-order valence-corrected chi connectivity index (χ1v) is 15.1. The van der Waals surface area contributed by atoms with Crippen molar-refractivity contribution in [3.05, 3.63) is 70.5 Å². The van der Waals surface area contributed by atoms with Gasteiger partial charge in [-0.3, -0.25) is 9.59 Å². The summed E-state index contributed by atoms with van der Waals surface area (Å²) in [7, 11) is 0. The van der Waals surface area contributed by atoms with Crippen molar-refractivity contribution in [1.82, 2.24) is 0 Å². The third-order valence-electron chi connectivity index (χ3n) is 9.08. The normalized spacial score (nSPS) is 23.3. The number of benzene rings is 1. The van der Waals surface area contributed by atoms with Gasteiger partial charge in [0.1, 0.15) is 17.3 Å². The molecule has 220 valence electrons. The predicted octanol–water partition coefficient (Wildman–Crippen LogP) is 8.12. The smallest absolute Gasteiger partial charge is 0.137 e. The van der Waals surface area contributed by atoms with E-state index in [-0.39, 0.29) is 42.0 Å². The predicted molar refractivity (Wildman–Crippen MR) is 161 cm³/mol. The molecule has 1 saturated carbocycles. The van der Waals surface area contributed by atoms with Crippen LogP contribution in [0.2, 0.25) is 0 Å². The van der Waals surface area contributed by atoms with Crippen LogP contribution in [-0.2, 0) is 23.8 Å². The molecular formula is C35H50O5. The van der Waals surface area contributed by atoms with Crippen molar-refractivity contribution in [2.45, 2.75) is 99.2 Å². The number of rotatable bonds is 16. The standard InChI is InChI=1S/C35H50O5/c1-9-38-29-20-35(21-29,27(8)36)22-33(37)32(18-19-40-26(7)28-14-12-11-13-15-28)24(5)31-17-16-30(23(3)4)34(25(31)6)39-10-2/h11-15,24,26,29,32H,3,9-10,16-22H2,1-2,4-8H3/t24-,26-,29?,32?,35?/m1/s1. The van der Waals surface area contributed by atoms with Crippen molar-refractivity contribution in [2.75, 3.05) is 19.8 Å². The maximum Gasteiger partial charge on any atom is 0.137 e. The Balaban J connectivity index is 1.86. The SMILES string of the molecule is C=C(C)C1=C(OCC)C(C)=C([C@@H](C)C(CCO[C@H](C)c2ccccc2)C(=O)CC2(C(C)=O)CC(OCC)C2)CC1. The Kier molecular flexibility index (Phi) is 11.5. The first kappa shape index (κ1) is 32.0. The maximum atomic E-state index is 14.1. The summed E-state index contributed by atoms with van der Waals surface area (Å²) in [5.74, 6) is 0.933. The van der Waals surface area contributed by atoms with Gasteiger partial charge in [-0.05, 0) is 96.3 Å². The first-order valence-electron chi connectivity index (χ1n) is 15.1. The second-order valence-electron chi connectivity index (χ2n) is 11.7. The average Bonchev–Trinajstić information content (AvgIpc) is 2.90. The Hall–Kier alpha value is -2.50. The molecule has 40 heavy (non-hydrogen) atoms. The van der Waals surface area contributed by atoms with Gasteiger partial charge in [-0.25, -0.2) is 0 Å². The molecule has 1 unspecified atom stereocenters. The van der Waals surface area contributed by atoms with E-state index >= 15 is 0 Å². The van der Waals surface area contributed by atoms with Crippen molar-refractivity contribution in [3.63, 3.8) is 0 Å². The number of Topliss-reactive ketones (excluding diaryl/α,β-unsaturated/α-hetero) is 2. The molecule has 0 saturated heterocycles. The summed E-state index contributed by atoms with van der Waals surface area (Å²) in [5, 5.41) is 0. The Bertz CT molecular complexity index is 1110. The molecule has 0 aromatic heterocycles. The summed E-state index contributed by atoms with van der Waals surface area (Å²) in [6.45, 7) is 19.8. The highest BCUT2D eigenvalue weighted by Gasteiger charge is 2.50. The van der Waals surface area contributed by atoms with Gasteiger partial charge < -0.3 is 14.2 Å². The molecule has 1 aromatic carbocycles. The van der Waals surface area contributed by atoms with Crippen LogP contribution < -0.4 is 0 Å². The third kappa shape index (κ3) is 7.41. The van der Waals surface area contributed by atoms with Gasteiger partial charge in [0, 0.05) is 31.0 Å². The Morgan fingerprint density at radius 1 is 1.05 bits per heavy atom. The minimum Gasteiger partial charge on any atom is -0.493 e. The van der Waals surface area contributed by atoms with E-state index in [1.165, 1.54) is 11.1 Å². The highest BCUT2D eigenvalue weighted by atomic mass is 16.5. The summed E-state index contributed by atoms with van der Waals surface area (Å²) in [6.07, 6.45) is 3.88. The van der Waals surface area contributed by atoms with Gasteiger partial charge in [0.05, 0.1) is 18.8 Å². The number of allylic oxidation sites excluding steroid dienone is 4. The molecule has 1 aromatic rings. The van der Waals surface area contributed by atoms with Crippen molar-refractivity contribution in [3.8, 4) is 0 Å². The minimum atomic E-state index is -0.605. The van der Waals surface area contributed by atoms with Crippen LogP contribution in [0.15, 0.2) is 65.0 Å². The second-order valence-corrected chi connectivity index (χ2v) is 11.7. The number of ether oxygens (including phenoxy) is 3. The van der Waals surface area contributed by atoms with Crippen molar-refractivity contribution in [1.29, 1.82) is 0 Å². The summed E-state index contributed by atoms with van der Waals surface area (Å²) in [5.41, 5.74) is 5.10. The van der Waals surface area contributed by atoms with Gasteiger partial charge in [-0.15, -0.1) is 0 Å². The average molecular weight is 551 g/mol. The maximum absolute atomic E-state index is 14.1. The largest absolute Gasteiger partial charge is 0.493 e. The molecule has 2 aliphatic rings. The highest BCUT2D eigenvalue weighted by Crippen LogP contribution is 2.48. The number of carbonyl (C=O) groups excluding carboxylic acids is 2. The number of carbonyl (C=O) groups is 2. The molecule has 0 N–H and O–H groups in total. The van der Waals surface area contributed by atoms with Crippen LogP contribution in [0.5, 0.6) is 0 Å². The van der Waals surface area contributed by atoms with Gasteiger partial charge in [-0.2, -0.15) is 0 Å². The molecule has 3 rings (SSSR count). The zero-order valence-electron chi connectivity index (χ0n) is 25.8. The molecule has 0 radical (unpaired) electrons.